The first kappa shape index (κ1) is 17.5. The van der Waals surface area contributed by atoms with E-state index in [1.165, 1.54) is 12.1 Å². The lowest BCUT2D eigenvalue weighted by molar-refractivity contribution is -0.137. The standard InChI is InChI=1S/C19H18F3N5/c20-19(21,22)14-3-5-15(6-4-14)27-8-1-2-16(27)12-26-9-7-17-13(11-26)10-24-18(23)25-17/h1-6,8,10H,7,9,11-12H2,(H2,23,24,25). The molecular formula is C19H18F3N5. The molecule has 0 aliphatic carbocycles. The van der Waals surface area contributed by atoms with Crippen molar-refractivity contribution in [1.29, 1.82) is 0 Å². The Kier molecular flexibility index (Phi) is 4.35. The minimum atomic E-state index is -4.33. The Morgan fingerprint density at radius 2 is 1.89 bits per heavy atom. The molecule has 0 fully saturated rings. The SMILES string of the molecule is Nc1ncc2c(n1)CCN(Cc1cccn1-c1ccc(C(F)(F)F)cc1)C2. The van der Waals surface area contributed by atoms with Gasteiger partial charge in [0.1, 0.15) is 0 Å². The Bertz CT molecular complexity index is 947. The molecule has 0 atom stereocenters. The van der Waals surface area contributed by atoms with Crippen LogP contribution < -0.4 is 5.73 Å². The fourth-order valence-electron chi connectivity index (χ4n) is 3.36. The van der Waals surface area contributed by atoms with Crippen LogP contribution in [0.3, 0.4) is 0 Å². The lowest BCUT2D eigenvalue weighted by Gasteiger charge is -2.28. The van der Waals surface area contributed by atoms with E-state index in [1.807, 2.05) is 22.9 Å². The van der Waals surface area contributed by atoms with Crippen LogP contribution in [0.15, 0.2) is 48.8 Å². The molecule has 0 radical (unpaired) electrons. The second-order valence-corrected chi connectivity index (χ2v) is 6.57. The molecule has 1 aliphatic heterocycles. The Hall–Kier alpha value is -2.87. The van der Waals surface area contributed by atoms with Crippen LogP contribution in [0.25, 0.3) is 5.69 Å². The van der Waals surface area contributed by atoms with Crippen molar-refractivity contribution in [3.05, 3.63) is 71.3 Å². The van der Waals surface area contributed by atoms with Crippen molar-refractivity contribution in [2.75, 3.05) is 12.3 Å². The van der Waals surface area contributed by atoms with Gasteiger partial charge in [-0.1, -0.05) is 0 Å². The third kappa shape index (κ3) is 3.66. The number of rotatable bonds is 3. The normalized spacial score (nSPS) is 14.9. The lowest BCUT2D eigenvalue weighted by atomic mass is 10.1. The van der Waals surface area contributed by atoms with Gasteiger partial charge in [0.05, 0.1) is 11.3 Å². The van der Waals surface area contributed by atoms with Gasteiger partial charge in [0.15, 0.2) is 0 Å². The van der Waals surface area contributed by atoms with E-state index in [-0.39, 0.29) is 0 Å². The molecular weight excluding hydrogens is 355 g/mol. The van der Waals surface area contributed by atoms with Gasteiger partial charge in [-0.15, -0.1) is 0 Å². The molecule has 4 rings (SSSR count). The monoisotopic (exact) mass is 373 g/mol. The molecule has 0 saturated carbocycles. The number of alkyl halides is 3. The van der Waals surface area contributed by atoms with E-state index in [0.717, 1.165) is 42.0 Å². The molecule has 2 N–H and O–H groups in total. The van der Waals surface area contributed by atoms with Crippen molar-refractivity contribution < 1.29 is 13.2 Å². The number of hydrogen-bond donors (Lipinski definition) is 1. The van der Waals surface area contributed by atoms with Crippen LogP contribution in [0.4, 0.5) is 19.1 Å². The predicted octanol–water partition coefficient (Wildman–Crippen LogP) is 3.43. The molecule has 27 heavy (non-hydrogen) atoms. The third-order valence-electron chi connectivity index (χ3n) is 4.72. The largest absolute Gasteiger partial charge is 0.416 e. The van der Waals surface area contributed by atoms with Crippen LogP contribution in [0.5, 0.6) is 0 Å². The highest BCUT2D eigenvalue weighted by Crippen LogP contribution is 2.30. The quantitative estimate of drug-likeness (QED) is 0.764. The minimum absolute atomic E-state index is 0.290. The summed E-state index contributed by atoms with van der Waals surface area (Å²) in [6, 6.07) is 9.08. The van der Waals surface area contributed by atoms with E-state index in [9.17, 15) is 13.2 Å². The van der Waals surface area contributed by atoms with Gasteiger partial charge in [0, 0.05) is 55.4 Å². The second kappa shape index (κ2) is 6.70. The van der Waals surface area contributed by atoms with E-state index in [2.05, 4.69) is 14.9 Å². The van der Waals surface area contributed by atoms with Crippen LogP contribution in [0, 0.1) is 0 Å². The Morgan fingerprint density at radius 3 is 2.63 bits per heavy atom. The lowest BCUT2D eigenvalue weighted by Crippen LogP contribution is -2.31. The number of halogens is 3. The molecule has 0 amide bonds. The molecule has 1 aromatic carbocycles. The van der Waals surface area contributed by atoms with E-state index in [1.54, 1.807) is 6.20 Å². The molecule has 1 aliphatic rings. The van der Waals surface area contributed by atoms with Crippen molar-refractivity contribution in [2.45, 2.75) is 25.7 Å². The van der Waals surface area contributed by atoms with E-state index in [4.69, 9.17) is 5.73 Å². The van der Waals surface area contributed by atoms with Crippen LogP contribution >= 0.6 is 0 Å². The van der Waals surface area contributed by atoms with Gasteiger partial charge < -0.3 is 10.3 Å². The Morgan fingerprint density at radius 1 is 1.11 bits per heavy atom. The zero-order valence-electron chi connectivity index (χ0n) is 14.4. The molecule has 8 heteroatoms. The fraction of sp³-hybridized carbons (Fsp3) is 0.263. The van der Waals surface area contributed by atoms with Gasteiger partial charge in [0.25, 0.3) is 0 Å². The predicted molar refractivity (Wildman–Crippen MR) is 95.0 cm³/mol. The number of nitrogens with zero attached hydrogens (tertiary/aromatic N) is 4. The first-order valence-corrected chi connectivity index (χ1v) is 8.56. The van der Waals surface area contributed by atoms with Crippen LogP contribution in [-0.4, -0.2) is 26.0 Å². The van der Waals surface area contributed by atoms with E-state index < -0.39 is 11.7 Å². The van der Waals surface area contributed by atoms with Crippen molar-refractivity contribution in [3.63, 3.8) is 0 Å². The van der Waals surface area contributed by atoms with Crippen molar-refractivity contribution in [1.82, 2.24) is 19.4 Å². The molecule has 0 spiro atoms. The summed E-state index contributed by atoms with van der Waals surface area (Å²) in [4.78, 5) is 10.6. The fourth-order valence-corrected chi connectivity index (χ4v) is 3.36. The van der Waals surface area contributed by atoms with E-state index in [0.29, 0.717) is 24.7 Å². The second-order valence-electron chi connectivity index (χ2n) is 6.57. The molecule has 0 unspecified atom stereocenters. The van der Waals surface area contributed by atoms with Gasteiger partial charge >= 0.3 is 6.18 Å². The molecule has 3 aromatic rings. The maximum absolute atomic E-state index is 12.8. The summed E-state index contributed by atoms with van der Waals surface area (Å²) in [5.74, 6) is 0.290. The number of hydrogen-bond acceptors (Lipinski definition) is 4. The zero-order chi connectivity index (χ0) is 19.0. The number of benzene rings is 1. The Labute approximate surface area is 154 Å². The van der Waals surface area contributed by atoms with Gasteiger partial charge in [-0.2, -0.15) is 13.2 Å². The number of fused-ring (bicyclic) bond motifs is 1. The number of anilines is 1. The topological polar surface area (TPSA) is 60.0 Å². The van der Waals surface area contributed by atoms with Crippen molar-refractivity contribution in [3.8, 4) is 5.69 Å². The smallest absolute Gasteiger partial charge is 0.368 e. The first-order chi connectivity index (χ1) is 12.9. The average molecular weight is 373 g/mol. The third-order valence-corrected chi connectivity index (χ3v) is 4.72. The maximum Gasteiger partial charge on any atom is 0.416 e. The summed E-state index contributed by atoms with van der Waals surface area (Å²) < 4.78 is 40.2. The highest BCUT2D eigenvalue weighted by Gasteiger charge is 2.30. The van der Waals surface area contributed by atoms with Crippen LogP contribution in [0.1, 0.15) is 22.5 Å². The van der Waals surface area contributed by atoms with Gasteiger partial charge in [-0.3, -0.25) is 4.90 Å². The highest BCUT2D eigenvalue weighted by atomic mass is 19.4. The Balaban J connectivity index is 1.52. The van der Waals surface area contributed by atoms with Crippen molar-refractivity contribution >= 4 is 5.95 Å². The summed E-state index contributed by atoms with van der Waals surface area (Å²) in [7, 11) is 0. The van der Waals surface area contributed by atoms with Gasteiger partial charge in [-0.05, 0) is 36.4 Å². The van der Waals surface area contributed by atoms with Crippen LogP contribution in [0.2, 0.25) is 0 Å². The molecule has 0 bridgehead atoms. The summed E-state index contributed by atoms with van der Waals surface area (Å²) in [6.07, 6.45) is 0.0894. The summed E-state index contributed by atoms with van der Waals surface area (Å²) in [6.45, 7) is 2.23. The number of nitrogens with two attached hydrogens (primary N) is 1. The summed E-state index contributed by atoms with van der Waals surface area (Å²) in [5, 5.41) is 0. The first-order valence-electron chi connectivity index (χ1n) is 8.56. The van der Waals surface area contributed by atoms with Gasteiger partial charge in [0.2, 0.25) is 5.95 Å². The molecule has 2 aromatic heterocycles. The van der Waals surface area contributed by atoms with Gasteiger partial charge in [-0.25, -0.2) is 9.97 Å². The summed E-state index contributed by atoms with van der Waals surface area (Å²) >= 11 is 0. The molecule has 140 valence electrons. The molecule has 3 heterocycles. The number of aromatic nitrogens is 3. The van der Waals surface area contributed by atoms with Crippen molar-refractivity contribution in [2.24, 2.45) is 0 Å². The highest BCUT2D eigenvalue weighted by molar-refractivity contribution is 5.38. The zero-order valence-corrected chi connectivity index (χ0v) is 14.4. The minimum Gasteiger partial charge on any atom is -0.368 e. The van der Waals surface area contributed by atoms with E-state index >= 15 is 0 Å². The average Bonchev–Trinajstić information content (AvgIpc) is 3.09. The number of nitrogen functional groups attached to an aromatic ring is 1. The maximum atomic E-state index is 12.8. The van der Waals surface area contributed by atoms with Crippen LogP contribution in [-0.2, 0) is 25.7 Å². The molecule has 5 nitrogen and oxygen atoms in total. The summed E-state index contributed by atoms with van der Waals surface area (Å²) in [5.41, 5.74) is 8.75. The molecule has 0 saturated heterocycles.